The predicted octanol–water partition coefficient (Wildman–Crippen LogP) is 6.06. The van der Waals surface area contributed by atoms with Gasteiger partial charge in [0.1, 0.15) is 11.2 Å². The summed E-state index contributed by atoms with van der Waals surface area (Å²) < 4.78 is 54.7. The van der Waals surface area contributed by atoms with Crippen LogP contribution >= 0.6 is 11.6 Å². The van der Waals surface area contributed by atoms with E-state index in [4.69, 9.17) is 26.1 Å². The van der Waals surface area contributed by atoms with E-state index in [9.17, 15) is 22.8 Å². The summed E-state index contributed by atoms with van der Waals surface area (Å²) in [5.41, 5.74) is 3.74. The van der Waals surface area contributed by atoms with Crippen LogP contribution in [-0.4, -0.2) is 50.5 Å². The Kier molecular flexibility index (Phi) is 10.7. The van der Waals surface area contributed by atoms with Gasteiger partial charge in [0.05, 0.1) is 17.8 Å². The summed E-state index contributed by atoms with van der Waals surface area (Å²) in [6, 6.07) is 13.2. The fourth-order valence-electron chi connectivity index (χ4n) is 6.88. The molecule has 2 aliphatic rings. The van der Waals surface area contributed by atoms with Crippen LogP contribution in [0, 0.1) is 13.3 Å². The van der Waals surface area contributed by atoms with Crippen LogP contribution in [0.1, 0.15) is 41.4 Å². The molecule has 2 atom stereocenters. The van der Waals surface area contributed by atoms with Crippen LogP contribution in [0.5, 0.6) is 5.88 Å². The van der Waals surface area contributed by atoms with Gasteiger partial charge in [-0.25, -0.2) is 19.7 Å². The van der Waals surface area contributed by atoms with Gasteiger partial charge >= 0.3 is 11.9 Å². The number of ether oxygens (including phenoxy) is 2. The molecule has 0 spiro atoms. The SMILES string of the molecule is COc1nc(-c2cccc(-c3cccc(Nc4nc(C(F)(F)F)nc5c4c(=O)n(C)c(=O)n5C)c3C)c2Cl)cc2c1[C@@H](N[C@H]1[CH-]COCC1)CC2.[Mo]. The summed E-state index contributed by atoms with van der Waals surface area (Å²) >= 11 is 7.13. The van der Waals surface area contributed by atoms with Gasteiger partial charge < -0.3 is 20.1 Å². The topological polar surface area (TPSA) is 125 Å². The number of alkyl halides is 3. The van der Waals surface area contributed by atoms with Crippen molar-refractivity contribution in [2.75, 3.05) is 25.6 Å². The second-order valence-electron chi connectivity index (χ2n) is 12.6. The second kappa shape index (κ2) is 14.7. The molecule has 7 rings (SSSR count). The summed E-state index contributed by atoms with van der Waals surface area (Å²) in [5.74, 6) is -1.35. The minimum absolute atomic E-state index is 0. The number of halogens is 4. The van der Waals surface area contributed by atoms with Crippen molar-refractivity contribution >= 4 is 34.1 Å². The number of hydrogen-bond acceptors (Lipinski definition) is 9. The maximum Gasteiger partial charge on any atom is 0.451 e. The third-order valence-corrected chi connectivity index (χ3v) is 9.95. The van der Waals surface area contributed by atoms with E-state index < -0.39 is 28.9 Å². The van der Waals surface area contributed by atoms with Crippen molar-refractivity contribution in [1.82, 2.24) is 29.4 Å². The molecule has 0 bridgehead atoms. The molecule has 1 aliphatic carbocycles. The second-order valence-corrected chi connectivity index (χ2v) is 13.0. The Bertz CT molecular complexity index is 2310. The largest absolute Gasteiger partial charge is 0.481 e. The number of anilines is 2. The van der Waals surface area contributed by atoms with Crippen LogP contribution in [0.4, 0.5) is 24.7 Å². The van der Waals surface area contributed by atoms with Gasteiger partial charge in [-0.05, 0) is 55.0 Å². The van der Waals surface area contributed by atoms with Gasteiger partial charge in [0, 0.05) is 70.2 Å². The molecule has 272 valence electrons. The normalized spacial score (nSPS) is 17.2. The monoisotopic (exact) mass is 818 g/mol. The molecule has 16 heteroatoms. The van der Waals surface area contributed by atoms with Crippen molar-refractivity contribution in [2.24, 2.45) is 14.1 Å². The van der Waals surface area contributed by atoms with Gasteiger partial charge in [-0.2, -0.15) is 13.2 Å². The van der Waals surface area contributed by atoms with E-state index in [2.05, 4.69) is 33.1 Å². The Labute approximate surface area is 315 Å². The van der Waals surface area contributed by atoms with Crippen LogP contribution in [-0.2, 0) is 52.5 Å². The molecule has 1 fully saturated rings. The number of nitrogens with zero attached hydrogens (tertiary/aromatic N) is 5. The molecular weight excluding hydrogens is 783 g/mol. The summed E-state index contributed by atoms with van der Waals surface area (Å²) in [5, 5.41) is 6.81. The van der Waals surface area contributed by atoms with Crippen LogP contribution in [0.2, 0.25) is 5.02 Å². The summed E-state index contributed by atoms with van der Waals surface area (Å²) in [6.07, 6.45) is -0.141. The van der Waals surface area contributed by atoms with Gasteiger partial charge in [-0.15, -0.1) is 6.04 Å². The van der Waals surface area contributed by atoms with E-state index in [1.165, 1.54) is 14.1 Å². The molecular formula is C36H34ClF3MoN7O4-. The third-order valence-electron chi connectivity index (χ3n) is 9.55. The Morgan fingerprint density at radius 1 is 1.02 bits per heavy atom. The van der Waals surface area contributed by atoms with E-state index in [0.717, 1.165) is 39.5 Å². The molecule has 0 amide bonds. The predicted molar refractivity (Wildman–Crippen MR) is 187 cm³/mol. The molecule has 11 nitrogen and oxygen atoms in total. The van der Waals surface area contributed by atoms with Crippen molar-refractivity contribution in [3.8, 4) is 28.3 Å². The van der Waals surface area contributed by atoms with E-state index in [1.807, 2.05) is 24.3 Å². The molecule has 1 aliphatic heterocycles. The molecule has 52 heavy (non-hydrogen) atoms. The maximum absolute atomic E-state index is 13.9. The molecule has 1 saturated heterocycles. The zero-order chi connectivity index (χ0) is 36.2. The first-order chi connectivity index (χ1) is 24.4. The number of nitrogens with one attached hydrogen (secondary N) is 2. The van der Waals surface area contributed by atoms with E-state index >= 15 is 0 Å². The van der Waals surface area contributed by atoms with Crippen LogP contribution in [0.25, 0.3) is 33.4 Å². The standard InChI is InChI=1S/C36H34ClF3N7O4.Mo/c1-18-21(7-6-10-24(18)42-30-28-31(45-34(44-30)36(38,39)40)46(2)35(49)47(3)33(28)48)22-8-5-9-23(29(22)37)26-17-19-11-12-25(27(19)32(43-26)50-4)41-20-13-15-51-16-14-20;/h5-10,13,17,20,25,41H,11-12,14-16H2,1-4H3,(H,42,44,45);/q-1;/t20-,25-;/m0./s1. The Balaban J connectivity index is 0.00000464. The quantitative estimate of drug-likeness (QED) is 0.149. The maximum atomic E-state index is 13.9. The van der Waals surface area contributed by atoms with Gasteiger partial charge in [0.15, 0.2) is 5.65 Å². The van der Waals surface area contributed by atoms with Crippen molar-refractivity contribution in [2.45, 2.75) is 44.4 Å². The first-order valence-corrected chi connectivity index (χ1v) is 16.7. The van der Waals surface area contributed by atoms with Crippen molar-refractivity contribution in [1.29, 1.82) is 0 Å². The molecule has 4 heterocycles. The number of benzene rings is 2. The first kappa shape index (κ1) is 37.6. The molecule has 5 aromatic rings. The zero-order valence-electron chi connectivity index (χ0n) is 28.6. The summed E-state index contributed by atoms with van der Waals surface area (Å²) in [6.45, 7) is 3.12. The number of hydrogen-bond donors (Lipinski definition) is 2. The fourth-order valence-corrected chi connectivity index (χ4v) is 7.20. The van der Waals surface area contributed by atoms with Crippen LogP contribution < -0.4 is 26.6 Å². The minimum Gasteiger partial charge on any atom is -0.481 e. The Morgan fingerprint density at radius 2 is 1.75 bits per heavy atom. The summed E-state index contributed by atoms with van der Waals surface area (Å²) in [4.78, 5) is 37.9. The zero-order valence-corrected chi connectivity index (χ0v) is 31.4. The van der Waals surface area contributed by atoms with Crippen LogP contribution in [0.3, 0.4) is 0 Å². The Hall–Kier alpha value is -4.10. The molecule has 3 aromatic heterocycles. The van der Waals surface area contributed by atoms with Crippen molar-refractivity contribution in [3.05, 3.63) is 97.3 Å². The number of methoxy groups -OCH3 is 1. The van der Waals surface area contributed by atoms with E-state index in [0.29, 0.717) is 57.8 Å². The molecule has 0 radical (unpaired) electrons. The number of rotatable bonds is 7. The Morgan fingerprint density at radius 3 is 2.46 bits per heavy atom. The first-order valence-electron chi connectivity index (χ1n) is 16.3. The van der Waals surface area contributed by atoms with Crippen LogP contribution in [0.15, 0.2) is 52.1 Å². The third kappa shape index (κ3) is 6.77. The fraction of sp³-hybridized carbons (Fsp3) is 0.333. The number of aryl methyl sites for hydroxylation is 2. The number of fused-ring (bicyclic) bond motifs is 2. The van der Waals surface area contributed by atoms with Gasteiger partial charge in [-0.3, -0.25) is 20.3 Å². The molecule has 0 saturated carbocycles. The van der Waals surface area contributed by atoms with Gasteiger partial charge in [-0.1, -0.05) is 48.5 Å². The van der Waals surface area contributed by atoms with Crippen molar-refractivity contribution < 1.29 is 43.7 Å². The van der Waals surface area contributed by atoms with Gasteiger partial charge in [0.25, 0.3) is 5.56 Å². The molecule has 2 N–H and O–H groups in total. The smallest absolute Gasteiger partial charge is 0.451 e. The number of aromatic nitrogens is 5. The average Bonchev–Trinajstić information content (AvgIpc) is 3.52. The minimum atomic E-state index is -4.94. The van der Waals surface area contributed by atoms with E-state index in [-0.39, 0.29) is 44.4 Å². The number of pyridine rings is 1. The molecule has 2 aromatic carbocycles. The molecule has 0 unspecified atom stereocenters. The van der Waals surface area contributed by atoms with Crippen molar-refractivity contribution in [3.63, 3.8) is 0 Å². The summed E-state index contributed by atoms with van der Waals surface area (Å²) in [7, 11) is 4.09. The average molecular weight is 817 g/mol. The van der Waals surface area contributed by atoms with E-state index in [1.54, 1.807) is 26.2 Å². The van der Waals surface area contributed by atoms with Gasteiger partial charge in [0.2, 0.25) is 11.7 Å².